The number of aliphatic hydroxyl groups excluding tert-OH is 1. The second kappa shape index (κ2) is 5.16. The summed E-state index contributed by atoms with van der Waals surface area (Å²) in [6.45, 7) is 5.32. The van der Waals surface area contributed by atoms with Gasteiger partial charge in [0.2, 0.25) is 0 Å². The van der Waals surface area contributed by atoms with E-state index in [1.54, 1.807) is 13.8 Å². The van der Waals surface area contributed by atoms with Crippen LogP contribution in [0.5, 0.6) is 0 Å². The molecule has 1 fully saturated rings. The molecule has 1 saturated heterocycles. The zero-order valence-corrected chi connectivity index (χ0v) is 9.95. The molecule has 0 aromatic rings. The van der Waals surface area contributed by atoms with Gasteiger partial charge in [0, 0.05) is 0 Å². The first-order valence-electron chi connectivity index (χ1n) is 4.85. The van der Waals surface area contributed by atoms with Crippen molar-refractivity contribution in [3.05, 3.63) is 0 Å². The van der Waals surface area contributed by atoms with E-state index in [4.69, 9.17) is 19.8 Å². The lowest BCUT2D eigenvalue weighted by Gasteiger charge is -2.16. The monoisotopic (exact) mass is 235 g/mol. The number of ether oxygens (including phenoxy) is 2. The van der Waals surface area contributed by atoms with Crippen LogP contribution in [-0.4, -0.2) is 45.7 Å². The number of thioether (sulfide) groups is 1. The summed E-state index contributed by atoms with van der Waals surface area (Å²) in [7, 11) is 0. The van der Waals surface area contributed by atoms with Crippen LogP contribution in [0.4, 0.5) is 0 Å². The molecule has 5 nitrogen and oxygen atoms in total. The number of hydrogen-bond donors (Lipinski definition) is 2. The Bertz CT molecular complexity index is 244. The highest BCUT2D eigenvalue weighted by Gasteiger charge is 2.43. The molecule has 2 N–H and O–H groups in total. The van der Waals surface area contributed by atoms with Crippen LogP contribution in [0.1, 0.15) is 20.8 Å². The summed E-state index contributed by atoms with van der Waals surface area (Å²) in [6, 6.07) is 0. The summed E-state index contributed by atoms with van der Waals surface area (Å²) in [5.74, 6) is 0.0279. The number of aliphatic hydroxyl groups is 1. The Labute approximate surface area is 93.4 Å². The zero-order chi connectivity index (χ0) is 11.5. The normalized spacial score (nSPS) is 30.8. The van der Waals surface area contributed by atoms with E-state index in [1.165, 1.54) is 11.8 Å². The van der Waals surface area contributed by atoms with Crippen LogP contribution in [0.25, 0.3) is 0 Å². The molecule has 0 unspecified atom stereocenters. The minimum absolute atomic E-state index is 0.155. The lowest BCUT2D eigenvalue weighted by Crippen LogP contribution is -2.32. The molecular formula is C9H17NO4S. The Balaban J connectivity index is 2.75. The van der Waals surface area contributed by atoms with Crippen molar-refractivity contribution in [3.63, 3.8) is 0 Å². The molecule has 0 amide bonds. The molecule has 2 atom stereocenters. The molecule has 6 heteroatoms. The Kier molecular flexibility index (Phi) is 4.39. The smallest absolute Gasteiger partial charge is 0.164 e. The summed E-state index contributed by atoms with van der Waals surface area (Å²) in [5.41, 5.74) is 0. The van der Waals surface area contributed by atoms with Crippen LogP contribution in [-0.2, 0) is 9.47 Å². The van der Waals surface area contributed by atoms with E-state index >= 15 is 0 Å². The van der Waals surface area contributed by atoms with Gasteiger partial charge in [-0.1, -0.05) is 12.1 Å². The third-order valence-corrected chi connectivity index (χ3v) is 2.90. The lowest BCUT2D eigenvalue weighted by atomic mass is 10.2. The van der Waals surface area contributed by atoms with E-state index in [1.807, 2.05) is 6.92 Å². The molecule has 0 bridgehead atoms. The predicted molar refractivity (Wildman–Crippen MR) is 58.3 cm³/mol. The van der Waals surface area contributed by atoms with Crippen molar-refractivity contribution < 1.29 is 19.8 Å². The molecule has 0 aromatic heterocycles. The lowest BCUT2D eigenvalue weighted by molar-refractivity contribution is -0.145. The van der Waals surface area contributed by atoms with Crippen LogP contribution in [0.3, 0.4) is 0 Å². The molecule has 1 heterocycles. The van der Waals surface area contributed by atoms with Crippen molar-refractivity contribution in [2.45, 2.75) is 38.8 Å². The number of hydrogen-bond acceptors (Lipinski definition) is 6. The van der Waals surface area contributed by atoms with Crippen molar-refractivity contribution in [3.8, 4) is 0 Å². The first-order valence-corrected chi connectivity index (χ1v) is 5.84. The van der Waals surface area contributed by atoms with Gasteiger partial charge in [-0.05, 0) is 19.6 Å². The number of nitrogens with zero attached hydrogens (tertiary/aromatic N) is 1. The summed E-state index contributed by atoms with van der Waals surface area (Å²) in [5, 5.41) is 21.6. The minimum Gasteiger partial charge on any atom is -0.410 e. The molecule has 88 valence electrons. The highest BCUT2D eigenvalue weighted by atomic mass is 32.2. The molecule has 15 heavy (non-hydrogen) atoms. The largest absolute Gasteiger partial charge is 0.410 e. The zero-order valence-electron chi connectivity index (χ0n) is 9.14. The fraction of sp³-hybridized carbons (Fsp3) is 0.889. The summed E-state index contributed by atoms with van der Waals surface area (Å²) < 4.78 is 11.0. The average Bonchev–Trinajstić information content (AvgIpc) is 2.50. The van der Waals surface area contributed by atoms with Crippen molar-refractivity contribution in [1.29, 1.82) is 0 Å². The van der Waals surface area contributed by atoms with Gasteiger partial charge in [-0.25, -0.2) is 0 Å². The summed E-state index contributed by atoms with van der Waals surface area (Å²) in [4.78, 5) is 0. The van der Waals surface area contributed by atoms with Crippen LogP contribution in [0, 0.1) is 0 Å². The highest BCUT2D eigenvalue weighted by Crippen LogP contribution is 2.31. The molecule has 0 saturated carbocycles. The van der Waals surface area contributed by atoms with Crippen LogP contribution < -0.4 is 0 Å². The topological polar surface area (TPSA) is 71.3 Å². The summed E-state index contributed by atoms with van der Waals surface area (Å²) >= 11 is 1.38. The Morgan fingerprint density at radius 1 is 1.47 bits per heavy atom. The van der Waals surface area contributed by atoms with Crippen LogP contribution >= 0.6 is 11.8 Å². The third kappa shape index (κ3) is 3.07. The standard InChI is InChI=1S/C9H17NO4S/c1-4-15-8(10-12)7-6(5-11)13-9(2,3)14-7/h6-7,11-12H,4-5H2,1-3H3/b10-8-/t6-,7-/m0/s1. The molecule has 0 aliphatic carbocycles. The Morgan fingerprint density at radius 2 is 2.13 bits per heavy atom. The average molecular weight is 235 g/mol. The second-order valence-corrected chi connectivity index (χ2v) is 4.93. The van der Waals surface area contributed by atoms with E-state index in [-0.39, 0.29) is 6.61 Å². The van der Waals surface area contributed by atoms with Gasteiger partial charge in [-0.2, -0.15) is 0 Å². The van der Waals surface area contributed by atoms with Gasteiger partial charge in [0.1, 0.15) is 17.3 Å². The molecule has 0 spiro atoms. The van der Waals surface area contributed by atoms with E-state index in [0.717, 1.165) is 5.75 Å². The molecule has 1 aliphatic heterocycles. The highest BCUT2D eigenvalue weighted by molar-refractivity contribution is 8.14. The Hall–Kier alpha value is -0.300. The fourth-order valence-corrected chi connectivity index (χ4v) is 2.21. The molecule has 0 aromatic carbocycles. The van der Waals surface area contributed by atoms with E-state index in [0.29, 0.717) is 5.04 Å². The number of oxime groups is 1. The maximum absolute atomic E-state index is 9.13. The van der Waals surface area contributed by atoms with Crippen molar-refractivity contribution in [2.75, 3.05) is 12.4 Å². The van der Waals surface area contributed by atoms with Gasteiger partial charge in [0.15, 0.2) is 5.79 Å². The fourth-order valence-electron chi connectivity index (χ4n) is 1.49. The van der Waals surface area contributed by atoms with E-state index < -0.39 is 18.0 Å². The van der Waals surface area contributed by atoms with Gasteiger partial charge in [-0.15, -0.1) is 11.8 Å². The van der Waals surface area contributed by atoms with Gasteiger partial charge in [-0.3, -0.25) is 0 Å². The maximum atomic E-state index is 9.13. The predicted octanol–water partition coefficient (Wildman–Crippen LogP) is 1.04. The first kappa shape index (κ1) is 12.8. The quantitative estimate of drug-likeness (QED) is 0.331. The van der Waals surface area contributed by atoms with Gasteiger partial charge in [0.25, 0.3) is 0 Å². The SMILES string of the molecule is CCS/C(=N\O)[C@H]1OC(C)(C)O[C@H]1CO. The maximum Gasteiger partial charge on any atom is 0.164 e. The summed E-state index contributed by atoms with van der Waals surface area (Å²) in [6.07, 6.45) is -0.954. The van der Waals surface area contributed by atoms with Gasteiger partial charge >= 0.3 is 0 Å². The molecule has 1 aliphatic rings. The van der Waals surface area contributed by atoms with Crippen LogP contribution in [0.2, 0.25) is 0 Å². The van der Waals surface area contributed by atoms with E-state index in [2.05, 4.69) is 5.16 Å². The van der Waals surface area contributed by atoms with Crippen molar-refractivity contribution in [2.24, 2.45) is 5.16 Å². The minimum atomic E-state index is -0.748. The second-order valence-electron chi connectivity index (χ2n) is 3.65. The van der Waals surface area contributed by atoms with Gasteiger partial charge < -0.3 is 19.8 Å². The van der Waals surface area contributed by atoms with E-state index in [9.17, 15) is 0 Å². The van der Waals surface area contributed by atoms with Gasteiger partial charge in [0.05, 0.1) is 6.61 Å². The van der Waals surface area contributed by atoms with Crippen LogP contribution in [0.15, 0.2) is 5.16 Å². The molecule has 0 radical (unpaired) electrons. The number of rotatable bonds is 3. The molecule has 1 rings (SSSR count). The third-order valence-electron chi connectivity index (χ3n) is 2.00. The Morgan fingerprint density at radius 3 is 2.60 bits per heavy atom. The first-order chi connectivity index (χ1) is 7.04. The van der Waals surface area contributed by atoms with Crippen molar-refractivity contribution in [1.82, 2.24) is 0 Å². The molecular weight excluding hydrogens is 218 g/mol. The van der Waals surface area contributed by atoms with Crippen molar-refractivity contribution >= 4 is 16.8 Å².